The number of halogens is 1. The molecule has 0 radical (unpaired) electrons. The number of carbonyl (C=O) groups excluding carboxylic acids is 1. The predicted molar refractivity (Wildman–Crippen MR) is 115 cm³/mol. The van der Waals surface area contributed by atoms with Crippen LogP contribution in [0.3, 0.4) is 0 Å². The summed E-state index contributed by atoms with van der Waals surface area (Å²) in [6, 6.07) is 26.2. The van der Waals surface area contributed by atoms with Crippen molar-refractivity contribution in [2.45, 2.75) is 6.54 Å². The van der Waals surface area contributed by atoms with Gasteiger partial charge in [0, 0.05) is 18.4 Å². The van der Waals surface area contributed by atoms with Crippen molar-refractivity contribution in [2.24, 2.45) is 0 Å². The van der Waals surface area contributed by atoms with Crippen molar-refractivity contribution in [2.75, 3.05) is 0 Å². The van der Waals surface area contributed by atoms with Gasteiger partial charge in [0.1, 0.15) is 29.1 Å². The number of amides is 1. The summed E-state index contributed by atoms with van der Waals surface area (Å²) in [4.78, 5) is 12.8. The maximum Gasteiger partial charge on any atom is 0.269 e. The zero-order valence-electron chi connectivity index (χ0n) is 16.5. The van der Waals surface area contributed by atoms with E-state index in [0.29, 0.717) is 11.4 Å². The maximum absolute atomic E-state index is 13.1. The molecule has 0 aliphatic heterocycles. The van der Waals surface area contributed by atoms with Gasteiger partial charge in [-0.3, -0.25) is 4.79 Å². The Kier molecular flexibility index (Phi) is 5.77. The first kappa shape index (κ1) is 19.9. The highest BCUT2D eigenvalue weighted by molar-refractivity contribution is 5.95. The number of benzene rings is 3. The second-order valence-electron chi connectivity index (χ2n) is 6.78. The Labute approximate surface area is 178 Å². The van der Waals surface area contributed by atoms with E-state index in [-0.39, 0.29) is 23.6 Å². The number of nitrogens with one attached hydrogen (secondary N) is 1. The lowest BCUT2D eigenvalue weighted by Crippen LogP contribution is -2.26. The minimum absolute atomic E-state index is 0.221. The smallest absolute Gasteiger partial charge is 0.269 e. The Hall–Kier alpha value is -4.37. The molecule has 3 aromatic carbocycles. The van der Waals surface area contributed by atoms with Crippen LogP contribution in [0.1, 0.15) is 21.6 Å². The minimum atomic E-state index is -0.393. The van der Waals surface area contributed by atoms with Crippen LogP contribution in [-0.4, -0.2) is 10.5 Å². The Morgan fingerprint density at radius 1 is 0.935 bits per heavy atom. The number of para-hydroxylation sites is 1. The lowest BCUT2D eigenvalue weighted by molar-refractivity contribution is 0.0944. The van der Waals surface area contributed by atoms with E-state index in [9.17, 15) is 14.4 Å². The molecule has 0 unspecified atom stereocenters. The van der Waals surface area contributed by atoms with Crippen molar-refractivity contribution in [3.63, 3.8) is 0 Å². The van der Waals surface area contributed by atoms with Gasteiger partial charge in [-0.1, -0.05) is 30.3 Å². The number of nitriles is 1. The highest BCUT2D eigenvalue weighted by Gasteiger charge is 2.18. The molecule has 4 rings (SSSR count). The lowest BCUT2D eigenvalue weighted by Gasteiger charge is -2.12. The summed E-state index contributed by atoms with van der Waals surface area (Å²) in [5.74, 6) is 0.652. The largest absolute Gasteiger partial charge is 0.457 e. The molecule has 1 amide bonds. The number of aromatic nitrogens is 1. The quantitative estimate of drug-likeness (QED) is 0.474. The van der Waals surface area contributed by atoms with Gasteiger partial charge >= 0.3 is 0 Å². The normalized spacial score (nSPS) is 10.3. The number of hydrogen-bond donors (Lipinski definition) is 1. The monoisotopic (exact) mass is 411 g/mol. The van der Waals surface area contributed by atoms with Crippen LogP contribution in [0.5, 0.6) is 11.5 Å². The van der Waals surface area contributed by atoms with Crippen molar-refractivity contribution in [1.29, 1.82) is 5.26 Å². The van der Waals surface area contributed by atoms with Gasteiger partial charge in [0.15, 0.2) is 0 Å². The van der Waals surface area contributed by atoms with Crippen LogP contribution in [-0.2, 0) is 6.54 Å². The molecule has 6 heteroatoms. The van der Waals surface area contributed by atoms with Gasteiger partial charge < -0.3 is 14.6 Å². The molecule has 0 atom stereocenters. The summed E-state index contributed by atoms with van der Waals surface area (Å²) in [5, 5.41) is 12.2. The molecule has 0 aliphatic rings. The van der Waals surface area contributed by atoms with Gasteiger partial charge in [-0.25, -0.2) is 4.39 Å². The van der Waals surface area contributed by atoms with E-state index in [2.05, 4.69) is 11.4 Å². The number of rotatable bonds is 6. The fourth-order valence-electron chi connectivity index (χ4n) is 3.14. The zero-order chi connectivity index (χ0) is 21.6. The average Bonchev–Trinajstić information content (AvgIpc) is 3.24. The standard InChI is InChI=1S/C25H18FN3O2/c26-20-8-6-18(7-9-20)17-28-25(30)24-19(16-27)14-15-29(24)21-10-12-23(13-11-21)31-22-4-2-1-3-5-22/h1-15H,17H2,(H,28,30). The van der Waals surface area contributed by atoms with E-state index in [1.807, 2.05) is 42.5 Å². The molecule has 4 aromatic rings. The number of ether oxygens (including phenoxy) is 1. The van der Waals surface area contributed by atoms with Crippen molar-refractivity contribution >= 4 is 5.91 Å². The predicted octanol–water partition coefficient (Wildman–Crippen LogP) is 5.21. The summed E-state index contributed by atoms with van der Waals surface area (Å²) in [6.07, 6.45) is 1.68. The third-order valence-corrected chi connectivity index (χ3v) is 4.68. The molecule has 0 fully saturated rings. The average molecular weight is 411 g/mol. The third kappa shape index (κ3) is 4.62. The van der Waals surface area contributed by atoms with Crippen molar-refractivity contribution in [1.82, 2.24) is 9.88 Å². The molecule has 0 aliphatic carbocycles. The van der Waals surface area contributed by atoms with E-state index in [0.717, 1.165) is 11.3 Å². The summed E-state index contributed by atoms with van der Waals surface area (Å²) >= 11 is 0. The van der Waals surface area contributed by atoms with Crippen LogP contribution in [0, 0.1) is 17.1 Å². The number of nitrogens with zero attached hydrogens (tertiary/aromatic N) is 2. The van der Waals surface area contributed by atoms with E-state index >= 15 is 0 Å². The minimum Gasteiger partial charge on any atom is -0.457 e. The first-order valence-corrected chi connectivity index (χ1v) is 9.61. The number of hydrogen-bond acceptors (Lipinski definition) is 3. The molecule has 1 N–H and O–H groups in total. The first-order chi connectivity index (χ1) is 15.1. The van der Waals surface area contributed by atoms with Gasteiger partial charge in [-0.2, -0.15) is 5.26 Å². The van der Waals surface area contributed by atoms with Gasteiger partial charge in [-0.05, 0) is 60.2 Å². The molecule has 31 heavy (non-hydrogen) atoms. The first-order valence-electron chi connectivity index (χ1n) is 9.61. The summed E-state index contributed by atoms with van der Waals surface area (Å²) in [7, 11) is 0. The van der Waals surface area contributed by atoms with E-state index in [1.54, 1.807) is 41.1 Å². The van der Waals surface area contributed by atoms with E-state index in [1.165, 1.54) is 12.1 Å². The molecule has 0 saturated heterocycles. The lowest BCUT2D eigenvalue weighted by atomic mass is 10.2. The molecule has 0 spiro atoms. The molecular formula is C25H18FN3O2. The van der Waals surface area contributed by atoms with Crippen molar-refractivity contribution in [3.05, 3.63) is 114 Å². The van der Waals surface area contributed by atoms with Gasteiger partial charge in [0.05, 0.1) is 5.56 Å². The molecule has 1 aromatic heterocycles. The summed E-state index contributed by atoms with van der Waals surface area (Å²) in [6.45, 7) is 0.221. The SMILES string of the molecule is N#Cc1ccn(-c2ccc(Oc3ccccc3)cc2)c1C(=O)NCc1ccc(F)cc1. The summed E-state index contributed by atoms with van der Waals surface area (Å²) in [5.41, 5.74) is 1.98. The highest BCUT2D eigenvalue weighted by Crippen LogP contribution is 2.24. The van der Waals surface area contributed by atoms with Crippen LogP contribution in [0.2, 0.25) is 0 Å². The molecule has 0 saturated carbocycles. The number of carbonyl (C=O) groups is 1. The van der Waals surface area contributed by atoms with Gasteiger partial charge in [0.2, 0.25) is 0 Å². The summed E-state index contributed by atoms with van der Waals surface area (Å²) < 4.78 is 20.5. The van der Waals surface area contributed by atoms with Gasteiger partial charge in [0.25, 0.3) is 5.91 Å². The van der Waals surface area contributed by atoms with Crippen molar-refractivity contribution < 1.29 is 13.9 Å². The maximum atomic E-state index is 13.1. The van der Waals surface area contributed by atoms with Crippen LogP contribution in [0.15, 0.2) is 91.1 Å². The molecular weight excluding hydrogens is 393 g/mol. The second-order valence-corrected chi connectivity index (χ2v) is 6.78. The molecule has 1 heterocycles. The van der Waals surface area contributed by atoms with E-state index in [4.69, 9.17) is 4.74 Å². The second kappa shape index (κ2) is 8.97. The fraction of sp³-hybridized carbons (Fsp3) is 0.0400. The van der Waals surface area contributed by atoms with Crippen LogP contribution in [0.4, 0.5) is 4.39 Å². The highest BCUT2D eigenvalue weighted by atomic mass is 19.1. The van der Waals surface area contributed by atoms with Crippen molar-refractivity contribution in [3.8, 4) is 23.3 Å². The van der Waals surface area contributed by atoms with Crippen LogP contribution < -0.4 is 10.1 Å². The van der Waals surface area contributed by atoms with Crippen LogP contribution in [0.25, 0.3) is 5.69 Å². The van der Waals surface area contributed by atoms with E-state index < -0.39 is 5.91 Å². The Morgan fingerprint density at radius 3 is 2.29 bits per heavy atom. The molecule has 152 valence electrons. The Balaban J connectivity index is 1.54. The molecule has 5 nitrogen and oxygen atoms in total. The Bertz CT molecular complexity index is 1220. The fourth-order valence-corrected chi connectivity index (χ4v) is 3.14. The van der Waals surface area contributed by atoms with Gasteiger partial charge in [-0.15, -0.1) is 0 Å². The zero-order valence-corrected chi connectivity index (χ0v) is 16.5. The Morgan fingerprint density at radius 2 is 1.61 bits per heavy atom. The third-order valence-electron chi connectivity index (χ3n) is 4.68. The topological polar surface area (TPSA) is 67.0 Å². The molecule has 0 bridgehead atoms. The van der Waals surface area contributed by atoms with Crippen LogP contribution >= 0.6 is 0 Å².